The fraction of sp³-hybridized carbons (Fsp3) is 0.524. The molecule has 0 spiro atoms. The standard InChI is InChI=1S/C21H30N4O2/c1-17-6-5-7-19(14-17)16-24-12-10-23(11-13-24)8-3-4-9-25-15-18(2)20(26)22-21(25)27/h5-7,14-15H,3-4,8-13,16H2,1-2H3,(H,22,26,27). The number of rotatable bonds is 7. The topological polar surface area (TPSA) is 61.3 Å². The zero-order chi connectivity index (χ0) is 19.2. The summed E-state index contributed by atoms with van der Waals surface area (Å²) < 4.78 is 1.61. The van der Waals surface area contributed by atoms with Gasteiger partial charge in [0.25, 0.3) is 5.56 Å². The minimum Gasteiger partial charge on any atom is -0.301 e. The van der Waals surface area contributed by atoms with Gasteiger partial charge in [0.05, 0.1) is 0 Å². The van der Waals surface area contributed by atoms with E-state index in [0.717, 1.165) is 52.1 Å². The molecule has 6 heteroatoms. The molecule has 0 saturated carbocycles. The van der Waals surface area contributed by atoms with Gasteiger partial charge in [-0.05, 0) is 38.8 Å². The third-order valence-electron chi connectivity index (χ3n) is 5.27. The molecule has 0 atom stereocenters. The van der Waals surface area contributed by atoms with E-state index in [1.54, 1.807) is 17.7 Å². The van der Waals surface area contributed by atoms with Gasteiger partial charge in [-0.25, -0.2) is 4.79 Å². The first-order chi connectivity index (χ1) is 13.0. The predicted molar refractivity (Wildman–Crippen MR) is 108 cm³/mol. The SMILES string of the molecule is Cc1cccc(CN2CCN(CCCCn3cc(C)c(=O)[nH]c3=O)CC2)c1. The molecule has 6 nitrogen and oxygen atoms in total. The highest BCUT2D eigenvalue weighted by Crippen LogP contribution is 2.11. The number of piperazine rings is 1. The van der Waals surface area contributed by atoms with Crippen LogP contribution in [-0.4, -0.2) is 52.1 Å². The van der Waals surface area contributed by atoms with Crippen LogP contribution in [0.5, 0.6) is 0 Å². The Bertz CT molecular complexity index is 863. The average Bonchev–Trinajstić information content (AvgIpc) is 2.64. The van der Waals surface area contributed by atoms with Crippen molar-refractivity contribution < 1.29 is 0 Å². The van der Waals surface area contributed by atoms with Crippen molar-refractivity contribution >= 4 is 0 Å². The molecule has 27 heavy (non-hydrogen) atoms. The van der Waals surface area contributed by atoms with Crippen molar-refractivity contribution in [3.8, 4) is 0 Å². The van der Waals surface area contributed by atoms with E-state index in [1.165, 1.54) is 11.1 Å². The van der Waals surface area contributed by atoms with Gasteiger partial charge in [0.1, 0.15) is 0 Å². The summed E-state index contributed by atoms with van der Waals surface area (Å²) in [6, 6.07) is 8.76. The molecule has 0 aliphatic carbocycles. The van der Waals surface area contributed by atoms with Crippen molar-refractivity contribution in [2.75, 3.05) is 32.7 Å². The van der Waals surface area contributed by atoms with Crippen molar-refractivity contribution in [1.29, 1.82) is 0 Å². The highest BCUT2D eigenvalue weighted by Gasteiger charge is 2.16. The Balaban J connectivity index is 1.37. The molecule has 1 aliphatic rings. The molecule has 1 aromatic heterocycles. The third-order valence-corrected chi connectivity index (χ3v) is 5.27. The summed E-state index contributed by atoms with van der Waals surface area (Å²) >= 11 is 0. The molecule has 0 amide bonds. The maximum absolute atomic E-state index is 11.8. The van der Waals surface area contributed by atoms with Gasteiger partial charge in [0, 0.05) is 51.0 Å². The van der Waals surface area contributed by atoms with Gasteiger partial charge in [-0.2, -0.15) is 0 Å². The van der Waals surface area contributed by atoms with Crippen LogP contribution in [-0.2, 0) is 13.1 Å². The van der Waals surface area contributed by atoms with Crippen LogP contribution in [0.2, 0.25) is 0 Å². The monoisotopic (exact) mass is 370 g/mol. The van der Waals surface area contributed by atoms with Crippen LogP contribution in [0.15, 0.2) is 40.1 Å². The Labute approximate surface area is 160 Å². The van der Waals surface area contributed by atoms with E-state index in [-0.39, 0.29) is 11.2 Å². The molecule has 1 N–H and O–H groups in total. The number of hydrogen-bond donors (Lipinski definition) is 1. The Hall–Kier alpha value is -2.18. The van der Waals surface area contributed by atoms with Gasteiger partial charge < -0.3 is 9.47 Å². The van der Waals surface area contributed by atoms with Crippen LogP contribution in [0.1, 0.15) is 29.5 Å². The Morgan fingerprint density at radius 1 is 0.963 bits per heavy atom. The fourth-order valence-corrected chi connectivity index (χ4v) is 3.64. The molecule has 2 heterocycles. The molecule has 146 valence electrons. The second-order valence-corrected chi connectivity index (χ2v) is 7.58. The van der Waals surface area contributed by atoms with Crippen LogP contribution in [0.3, 0.4) is 0 Å². The van der Waals surface area contributed by atoms with E-state index in [1.807, 2.05) is 0 Å². The molecular weight excluding hydrogens is 340 g/mol. The van der Waals surface area contributed by atoms with Crippen LogP contribution < -0.4 is 11.2 Å². The number of aromatic nitrogens is 2. The van der Waals surface area contributed by atoms with Crippen LogP contribution in [0, 0.1) is 13.8 Å². The van der Waals surface area contributed by atoms with Crippen LogP contribution >= 0.6 is 0 Å². The van der Waals surface area contributed by atoms with E-state index in [4.69, 9.17) is 0 Å². The molecule has 3 rings (SSSR count). The summed E-state index contributed by atoms with van der Waals surface area (Å²) in [6.45, 7) is 11.0. The number of nitrogens with zero attached hydrogens (tertiary/aromatic N) is 3. The number of nitrogens with one attached hydrogen (secondary N) is 1. The summed E-state index contributed by atoms with van der Waals surface area (Å²) in [7, 11) is 0. The molecule has 1 saturated heterocycles. The lowest BCUT2D eigenvalue weighted by Gasteiger charge is -2.34. The van der Waals surface area contributed by atoms with Gasteiger partial charge >= 0.3 is 5.69 Å². The van der Waals surface area contributed by atoms with Gasteiger partial charge in [-0.3, -0.25) is 14.7 Å². The summed E-state index contributed by atoms with van der Waals surface area (Å²) in [4.78, 5) is 30.6. The quantitative estimate of drug-likeness (QED) is 0.755. The molecule has 0 unspecified atom stereocenters. The second kappa shape index (κ2) is 9.15. The summed E-state index contributed by atoms with van der Waals surface area (Å²) in [5.41, 5.74) is 2.70. The fourth-order valence-electron chi connectivity index (χ4n) is 3.64. The Kier molecular flexibility index (Phi) is 6.63. The average molecular weight is 370 g/mol. The van der Waals surface area contributed by atoms with Gasteiger partial charge in [-0.15, -0.1) is 0 Å². The number of H-pyrrole nitrogens is 1. The highest BCUT2D eigenvalue weighted by atomic mass is 16.2. The van der Waals surface area contributed by atoms with E-state index in [9.17, 15) is 9.59 Å². The summed E-state index contributed by atoms with van der Waals surface area (Å²) in [6.07, 6.45) is 3.66. The maximum atomic E-state index is 11.8. The third kappa shape index (κ3) is 5.65. The first kappa shape index (κ1) is 19.6. The summed E-state index contributed by atoms with van der Waals surface area (Å²) in [5, 5.41) is 0. The van der Waals surface area contributed by atoms with Gasteiger partial charge in [-0.1, -0.05) is 29.8 Å². The molecule has 1 aliphatic heterocycles. The molecule has 0 bridgehead atoms. The molecule has 1 aromatic carbocycles. The number of hydrogen-bond acceptors (Lipinski definition) is 4. The predicted octanol–water partition coefficient (Wildman–Crippen LogP) is 1.75. The van der Waals surface area contributed by atoms with Crippen LogP contribution in [0.25, 0.3) is 0 Å². The zero-order valence-electron chi connectivity index (χ0n) is 16.4. The first-order valence-electron chi connectivity index (χ1n) is 9.82. The molecular formula is C21H30N4O2. The van der Waals surface area contributed by atoms with Crippen molar-refractivity contribution in [1.82, 2.24) is 19.4 Å². The molecule has 1 fully saturated rings. The van der Waals surface area contributed by atoms with E-state index in [2.05, 4.69) is 46.0 Å². The second-order valence-electron chi connectivity index (χ2n) is 7.58. The van der Waals surface area contributed by atoms with Crippen molar-refractivity contribution in [2.45, 2.75) is 39.8 Å². The highest BCUT2D eigenvalue weighted by molar-refractivity contribution is 5.22. The number of aromatic amines is 1. The van der Waals surface area contributed by atoms with Gasteiger partial charge in [0.2, 0.25) is 0 Å². The van der Waals surface area contributed by atoms with Crippen molar-refractivity contribution in [3.63, 3.8) is 0 Å². The van der Waals surface area contributed by atoms with E-state index >= 15 is 0 Å². The Morgan fingerprint density at radius 3 is 2.41 bits per heavy atom. The van der Waals surface area contributed by atoms with Gasteiger partial charge in [0.15, 0.2) is 0 Å². The smallest absolute Gasteiger partial charge is 0.301 e. The minimum absolute atomic E-state index is 0.292. The van der Waals surface area contributed by atoms with Crippen LogP contribution in [0.4, 0.5) is 0 Å². The number of aryl methyl sites for hydroxylation is 3. The lowest BCUT2D eigenvalue weighted by molar-refractivity contribution is 0.125. The lowest BCUT2D eigenvalue weighted by atomic mass is 10.1. The van der Waals surface area contributed by atoms with Crippen molar-refractivity contribution in [3.05, 3.63) is 68.0 Å². The van der Waals surface area contributed by atoms with E-state index < -0.39 is 0 Å². The van der Waals surface area contributed by atoms with E-state index in [0.29, 0.717) is 12.1 Å². The lowest BCUT2D eigenvalue weighted by Crippen LogP contribution is -2.46. The minimum atomic E-state index is -0.310. The van der Waals surface area contributed by atoms with Crippen molar-refractivity contribution in [2.24, 2.45) is 0 Å². The largest absolute Gasteiger partial charge is 0.328 e. The molecule has 0 radical (unpaired) electrons. The normalized spacial score (nSPS) is 15.9. The zero-order valence-corrected chi connectivity index (χ0v) is 16.4. The first-order valence-corrected chi connectivity index (χ1v) is 9.82. The molecule has 2 aromatic rings. The Morgan fingerprint density at radius 2 is 1.67 bits per heavy atom. The number of benzene rings is 1. The maximum Gasteiger partial charge on any atom is 0.328 e. The number of unbranched alkanes of at least 4 members (excludes halogenated alkanes) is 1. The summed E-state index contributed by atoms with van der Waals surface area (Å²) in [5.74, 6) is 0.